The van der Waals surface area contributed by atoms with E-state index in [2.05, 4.69) is 5.32 Å². The van der Waals surface area contributed by atoms with Crippen LogP contribution in [0.4, 0.5) is 5.00 Å². The number of hydrogen-bond donors (Lipinski definition) is 1. The number of rotatable bonds is 6. The summed E-state index contributed by atoms with van der Waals surface area (Å²) in [7, 11) is 0. The van der Waals surface area contributed by atoms with Gasteiger partial charge in [0.2, 0.25) is 11.8 Å². The zero-order chi connectivity index (χ0) is 20.3. The van der Waals surface area contributed by atoms with Crippen molar-refractivity contribution in [1.82, 2.24) is 4.90 Å². The number of likely N-dealkylation sites (tertiary alicyclic amines) is 1. The highest BCUT2D eigenvalue weighted by Gasteiger charge is 2.34. The minimum atomic E-state index is -0.429. The molecule has 0 spiro atoms. The minimum absolute atomic E-state index is 0.0129. The molecular formula is C20H28N2O5S. The number of fused-ring (bicyclic) bond motifs is 1. The molecule has 0 aliphatic carbocycles. The van der Waals surface area contributed by atoms with Gasteiger partial charge in [0, 0.05) is 37.2 Å². The van der Waals surface area contributed by atoms with Crippen LogP contribution in [-0.2, 0) is 32.1 Å². The quantitative estimate of drug-likeness (QED) is 0.731. The summed E-state index contributed by atoms with van der Waals surface area (Å²) in [6.07, 6.45) is 2.92. The van der Waals surface area contributed by atoms with Gasteiger partial charge in [0.25, 0.3) is 0 Å². The fourth-order valence-electron chi connectivity index (χ4n) is 3.59. The van der Waals surface area contributed by atoms with Gasteiger partial charge in [-0.3, -0.25) is 9.59 Å². The van der Waals surface area contributed by atoms with Crippen LogP contribution < -0.4 is 5.32 Å². The first-order chi connectivity index (χ1) is 13.3. The second kappa shape index (κ2) is 8.61. The number of thiophene rings is 1. The van der Waals surface area contributed by atoms with Gasteiger partial charge in [-0.25, -0.2) is 4.79 Å². The Morgan fingerprint density at radius 2 is 1.93 bits per heavy atom. The molecule has 0 radical (unpaired) electrons. The van der Waals surface area contributed by atoms with Crippen LogP contribution in [-0.4, -0.2) is 48.0 Å². The van der Waals surface area contributed by atoms with E-state index in [1.54, 1.807) is 11.8 Å². The molecule has 1 N–H and O–H groups in total. The van der Waals surface area contributed by atoms with E-state index in [4.69, 9.17) is 9.47 Å². The summed E-state index contributed by atoms with van der Waals surface area (Å²) in [6.45, 7) is 7.94. The second-order valence-electron chi connectivity index (χ2n) is 7.79. The number of hydrogen-bond acceptors (Lipinski definition) is 6. The van der Waals surface area contributed by atoms with Crippen LogP contribution in [0.5, 0.6) is 0 Å². The Hall–Kier alpha value is -1.93. The number of nitrogens with zero attached hydrogens (tertiary/aromatic N) is 1. The predicted molar refractivity (Wildman–Crippen MR) is 107 cm³/mol. The molecule has 28 heavy (non-hydrogen) atoms. The minimum Gasteiger partial charge on any atom is -0.462 e. The van der Waals surface area contributed by atoms with Crippen LogP contribution in [0.1, 0.15) is 67.3 Å². The monoisotopic (exact) mass is 408 g/mol. The largest absolute Gasteiger partial charge is 0.462 e. The van der Waals surface area contributed by atoms with Crippen LogP contribution >= 0.6 is 11.3 Å². The molecule has 8 heteroatoms. The summed E-state index contributed by atoms with van der Waals surface area (Å²) >= 11 is 1.35. The SMILES string of the molecule is CCOC(=O)c1c(NC(=O)CCC(=O)N2CCCC2)sc2c1CC(C)(C)OC2. The smallest absolute Gasteiger partial charge is 0.341 e. The van der Waals surface area contributed by atoms with Crippen LogP contribution in [0.15, 0.2) is 0 Å². The van der Waals surface area contributed by atoms with Crippen molar-refractivity contribution in [3.63, 3.8) is 0 Å². The van der Waals surface area contributed by atoms with Gasteiger partial charge in [-0.05, 0) is 39.2 Å². The number of amides is 2. The molecule has 2 amide bonds. The van der Waals surface area contributed by atoms with Crippen LogP contribution in [0.3, 0.4) is 0 Å². The first-order valence-corrected chi connectivity index (χ1v) is 10.7. The Kier molecular flexibility index (Phi) is 6.40. The fraction of sp³-hybridized carbons (Fsp3) is 0.650. The zero-order valence-electron chi connectivity index (χ0n) is 16.8. The maximum atomic E-state index is 12.6. The van der Waals surface area contributed by atoms with Gasteiger partial charge in [0.15, 0.2) is 0 Å². The summed E-state index contributed by atoms with van der Waals surface area (Å²) < 4.78 is 11.1. The fourth-order valence-corrected chi connectivity index (χ4v) is 4.73. The van der Waals surface area contributed by atoms with Crippen molar-refractivity contribution in [3.8, 4) is 0 Å². The van der Waals surface area contributed by atoms with Gasteiger partial charge in [-0.15, -0.1) is 11.3 Å². The van der Waals surface area contributed by atoms with Crippen molar-refractivity contribution in [1.29, 1.82) is 0 Å². The molecule has 1 saturated heterocycles. The van der Waals surface area contributed by atoms with Gasteiger partial charge in [0.05, 0.1) is 24.4 Å². The molecule has 154 valence electrons. The molecule has 0 unspecified atom stereocenters. The number of carbonyl (C=O) groups is 3. The Bertz CT molecular complexity index is 765. The van der Waals surface area contributed by atoms with E-state index < -0.39 is 5.97 Å². The Morgan fingerprint density at radius 1 is 1.21 bits per heavy atom. The number of anilines is 1. The molecular weight excluding hydrogens is 380 g/mol. The maximum Gasteiger partial charge on any atom is 0.341 e. The van der Waals surface area contributed by atoms with Gasteiger partial charge in [-0.1, -0.05) is 0 Å². The molecule has 1 fully saturated rings. The molecule has 2 aliphatic rings. The van der Waals surface area contributed by atoms with Crippen molar-refractivity contribution in [3.05, 3.63) is 16.0 Å². The lowest BCUT2D eigenvalue weighted by Gasteiger charge is -2.30. The van der Waals surface area contributed by atoms with Gasteiger partial charge < -0.3 is 19.7 Å². The molecule has 3 rings (SSSR count). The molecule has 0 bridgehead atoms. The van der Waals surface area contributed by atoms with E-state index in [1.165, 1.54) is 11.3 Å². The summed E-state index contributed by atoms with van der Waals surface area (Å²) in [5.74, 6) is -0.683. The molecule has 1 aromatic heterocycles. The Balaban J connectivity index is 1.71. The van der Waals surface area contributed by atoms with E-state index in [1.807, 2.05) is 13.8 Å². The summed E-state index contributed by atoms with van der Waals surface area (Å²) in [6, 6.07) is 0. The van der Waals surface area contributed by atoms with Crippen LogP contribution in [0, 0.1) is 0 Å². The molecule has 3 heterocycles. The molecule has 0 saturated carbocycles. The van der Waals surface area contributed by atoms with Crippen LogP contribution in [0.2, 0.25) is 0 Å². The van der Waals surface area contributed by atoms with E-state index in [0.717, 1.165) is 36.4 Å². The normalized spacial score (nSPS) is 17.9. The average Bonchev–Trinajstić information content (AvgIpc) is 3.26. The second-order valence-corrected chi connectivity index (χ2v) is 8.89. The molecule has 2 aliphatic heterocycles. The Labute approximate surface area is 169 Å². The molecule has 0 aromatic carbocycles. The van der Waals surface area contributed by atoms with Crippen molar-refractivity contribution in [2.45, 2.75) is 65.1 Å². The van der Waals surface area contributed by atoms with Crippen molar-refractivity contribution in [2.24, 2.45) is 0 Å². The topological polar surface area (TPSA) is 84.9 Å². The lowest BCUT2D eigenvalue weighted by atomic mass is 9.93. The standard InChI is InChI=1S/C20H28N2O5S/c1-4-26-19(25)17-13-11-20(2,3)27-12-14(13)28-18(17)21-15(23)7-8-16(24)22-9-5-6-10-22/h4-12H2,1-3H3,(H,21,23). The average molecular weight is 409 g/mol. The summed E-state index contributed by atoms with van der Waals surface area (Å²) in [5, 5.41) is 3.32. The van der Waals surface area contributed by atoms with Gasteiger partial charge in [-0.2, -0.15) is 0 Å². The van der Waals surface area contributed by atoms with Crippen molar-refractivity contribution in [2.75, 3.05) is 25.0 Å². The molecule has 0 atom stereocenters. The van der Waals surface area contributed by atoms with E-state index in [0.29, 0.717) is 23.6 Å². The lowest BCUT2D eigenvalue weighted by molar-refractivity contribution is -0.131. The highest BCUT2D eigenvalue weighted by atomic mass is 32.1. The molecule has 7 nitrogen and oxygen atoms in total. The predicted octanol–water partition coefficient (Wildman–Crippen LogP) is 3.12. The first-order valence-electron chi connectivity index (χ1n) is 9.84. The third-order valence-electron chi connectivity index (χ3n) is 5.04. The Morgan fingerprint density at radius 3 is 2.61 bits per heavy atom. The summed E-state index contributed by atoms with van der Waals surface area (Å²) in [4.78, 5) is 39.9. The van der Waals surface area contributed by atoms with Crippen molar-refractivity contribution >= 4 is 34.1 Å². The van der Waals surface area contributed by atoms with E-state index >= 15 is 0 Å². The van der Waals surface area contributed by atoms with Gasteiger partial charge in [0.1, 0.15) is 5.00 Å². The zero-order valence-corrected chi connectivity index (χ0v) is 17.6. The third-order valence-corrected chi connectivity index (χ3v) is 6.17. The number of ether oxygens (including phenoxy) is 2. The first kappa shape index (κ1) is 20.8. The van der Waals surface area contributed by atoms with E-state index in [-0.39, 0.29) is 36.9 Å². The lowest BCUT2D eigenvalue weighted by Crippen LogP contribution is -2.32. The highest BCUT2D eigenvalue weighted by molar-refractivity contribution is 7.17. The van der Waals surface area contributed by atoms with Gasteiger partial charge >= 0.3 is 5.97 Å². The maximum absolute atomic E-state index is 12.6. The highest BCUT2D eigenvalue weighted by Crippen LogP contribution is 2.40. The van der Waals surface area contributed by atoms with Crippen LogP contribution in [0.25, 0.3) is 0 Å². The van der Waals surface area contributed by atoms with E-state index in [9.17, 15) is 14.4 Å². The number of carbonyl (C=O) groups excluding carboxylic acids is 3. The summed E-state index contributed by atoms with van der Waals surface area (Å²) in [5.41, 5.74) is 0.944. The van der Waals surface area contributed by atoms with Crippen molar-refractivity contribution < 1.29 is 23.9 Å². The molecule has 1 aromatic rings. The third kappa shape index (κ3) is 4.72. The number of nitrogens with one attached hydrogen (secondary N) is 1. The number of esters is 1.